The lowest BCUT2D eigenvalue weighted by Gasteiger charge is -2.21. The average molecular weight is 289 g/mol. The van der Waals surface area contributed by atoms with Gasteiger partial charge in [0.1, 0.15) is 15.7 Å². The van der Waals surface area contributed by atoms with Crippen LogP contribution < -0.4 is 10.6 Å². The van der Waals surface area contributed by atoms with Crippen molar-refractivity contribution in [2.45, 2.75) is 0 Å². The number of hydrogen-bond acceptors (Lipinski definition) is 5. The third kappa shape index (κ3) is 4.09. The van der Waals surface area contributed by atoms with Crippen LogP contribution >= 0.6 is 0 Å². The van der Waals surface area contributed by atoms with E-state index in [9.17, 15) is 12.8 Å². The maximum absolute atomic E-state index is 13.7. The van der Waals surface area contributed by atoms with E-state index in [0.717, 1.165) is 6.26 Å². The fraction of sp³-hybridized carbons (Fsp3) is 0.364. The molecule has 3 N–H and O–H groups in total. The molecule has 0 amide bonds. The van der Waals surface area contributed by atoms with Crippen molar-refractivity contribution in [3.63, 3.8) is 0 Å². The van der Waals surface area contributed by atoms with Crippen molar-refractivity contribution in [3.05, 3.63) is 29.6 Å². The number of oxime groups is 1. The van der Waals surface area contributed by atoms with Crippen LogP contribution in [0.25, 0.3) is 0 Å². The van der Waals surface area contributed by atoms with Crippen molar-refractivity contribution in [3.8, 4) is 0 Å². The van der Waals surface area contributed by atoms with Gasteiger partial charge in [-0.05, 0) is 12.1 Å². The number of rotatable bonds is 5. The number of anilines is 1. The van der Waals surface area contributed by atoms with Crippen LogP contribution in [-0.4, -0.2) is 45.1 Å². The molecule has 0 fully saturated rings. The molecule has 1 aromatic rings. The third-order valence-corrected chi connectivity index (χ3v) is 3.49. The molecule has 0 aliphatic carbocycles. The fourth-order valence-electron chi connectivity index (χ4n) is 1.56. The Morgan fingerprint density at radius 3 is 2.68 bits per heavy atom. The molecule has 0 saturated carbocycles. The monoisotopic (exact) mass is 289 g/mol. The highest BCUT2D eigenvalue weighted by molar-refractivity contribution is 7.90. The largest absolute Gasteiger partial charge is 0.409 e. The topological polar surface area (TPSA) is 96.0 Å². The Bertz CT molecular complexity index is 587. The van der Waals surface area contributed by atoms with E-state index in [0.29, 0.717) is 5.69 Å². The van der Waals surface area contributed by atoms with Crippen molar-refractivity contribution in [2.75, 3.05) is 30.5 Å². The Balaban J connectivity index is 3.10. The summed E-state index contributed by atoms with van der Waals surface area (Å²) < 4.78 is 35.9. The summed E-state index contributed by atoms with van der Waals surface area (Å²) in [5.74, 6) is -1.08. The summed E-state index contributed by atoms with van der Waals surface area (Å²) in [7, 11) is -1.52. The van der Waals surface area contributed by atoms with Crippen LogP contribution in [0.1, 0.15) is 5.56 Å². The molecular weight excluding hydrogens is 273 g/mol. The summed E-state index contributed by atoms with van der Waals surface area (Å²) >= 11 is 0. The molecule has 0 aliphatic rings. The number of nitrogens with two attached hydrogens (primary N) is 1. The van der Waals surface area contributed by atoms with Gasteiger partial charge in [-0.2, -0.15) is 0 Å². The van der Waals surface area contributed by atoms with E-state index in [4.69, 9.17) is 10.9 Å². The molecule has 0 aromatic heterocycles. The normalized spacial score (nSPS) is 12.5. The minimum atomic E-state index is -3.12. The Morgan fingerprint density at radius 1 is 1.53 bits per heavy atom. The van der Waals surface area contributed by atoms with Crippen molar-refractivity contribution in [2.24, 2.45) is 10.9 Å². The summed E-state index contributed by atoms with van der Waals surface area (Å²) in [4.78, 5) is 1.54. The molecule has 0 spiro atoms. The molecule has 1 rings (SSSR count). The first-order chi connectivity index (χ1) is 8.76. The van der Waals surface area contributed by atoms with E-state index in [-0.39, 0.29) is 23.7 Å². The number of benzene rings is 1. The van der Waals surface area contributed by atoms with Gasteiger partial charge in [0.15, 0.2) is 5.84 Å². The maximum Gasteiger partial charge on any atom is 0.175 e. The molecule has 1 aromatic carbocycles. The van der Waals surface area contributed by atoms with Crippen molar-refractivity contribution in [1.29, 1.82) is 0 Å². The smallest absolute Gasteiger partial charge is 0.175 e. The van der Waals surface area contributed by atoms with Gasteiger partial charge in [-0.3, -0.25) is 0 Å². The first-order valence-corrected chi connectivity index (χ1v) is 7.47. The molecule has 0 unspecified atom stereocenters. The highest BCUT2D eigenvalue weighted by atomic mass is 32.2. The second-order valence-corrected chi connectivity index (χ2v) is 6.43. The maximum atomic E-state index is 13.7. The summed E-state index contributed by atoms with van der Waals surface area (Å²) in [5.41, 5.74) is 5.74. The highest BCUT2D eigenvalue weighted by Crippen LogP contribution is 2.22. The van der Waals surface area contributed by atoms with Gasteiger partial charge in [0, 0.05) is 19.8 Å². The lowest BCUT2D eigenvalue weighted by molar-refractivity contribution is 0.318. The lowest BCUT2D eigenvalue weighted by Crippen LogP contribution is -2.28. The highest BCUT2D eigenvalue weighted by Gasteiger charge is 2.16. The van der Waals surface area contributed by atoms with E-state index in [1.165, 1.54) is 17.0 Å². The molecule has 8 heteroatoms. The number of nitrogens with zero attached hydrogens (tertiary/aromatic N) is 2. The zero-order valence-corrected chi connectivity index (χ0v) is 11.5. The van der Waals surface area contributed by atoms with Crippen molar-refractivity contribution >= 4 is 21.4 Å². The molecule has 19 heavy (non-hydrogen) atoms. The summed E-state index contributed by atoms with van der Waals surface area (Å²) in [6.45, 7) is 0.175. The molecule has 106 valence electrons. The minimum Gasteiger partial charge on any atom is -0.409 e. The van der Waals surface area contributed by atoms with Gasteiger partial charge in [0.05, 0.1) is 17.0 Å². The van der Waals surface area contributed by atoms with E-state index in [2.05, 4.69) is 5.16 Å². The van der Waals surface area contributed by atoms with Crippen molar-refractivity contribution in [1.82, 2.24) is 0 Å². The van der Waals surface area contributed by atoms with Crippen LogP contribution in [-0.2, 0) is 9.84 Å². The van der Waals surface area contributed by atoms with Gasteiger partial charge in [-0.15, -0.1) is 0 Å². The van der Waals surface area contributed by atoms with Crippen LogP contribution in [0.5, 0.6) is 0 Å². The summed E-state index contributed by atoms with van der Waals surface area (Å²) in [6.07, 6.45) is 1.12. The molecule has 0 aliphatic heterocycles. The van der Waals surface area contributed by atoms with E-state index in [1.807, 2.05) is 0 Å². The van der Waals surface area contributed by atoms with Gasteiger partial charge in [0.25, 0.3) is 0 Å². The quantitative estimate of drug-likeness (QED) is 0.354. The first kappa shape index (κ1) is 15.2. The van der Waals surface area contributed by atoms with Crippen LogP contribution in [0.15, 0.2) is 23.4 Å². The van der Waals surface area contributed by atoms with Crippen LogP contribution in [0.3, 0.4) is 0 Å². The second-order valence-electron chi connectivity index (χ2n) is 4.17. The first-order valence-electron chi connectivity index (χ1n) is 5.41. The van der Waals surface area contributed by atoms with Gasteiger partial charge in [-0.1, -0.05) is 11.2 Å². The zero-order chi connectivity index (χ0) is 14.6. The molecule has 6 nitrogen and oxygen atoms in total. The second kappa shape index (κ2) is 5.87. The molecular formula is C11H16FN3O3S. The lowest BCUT2D eigenvalue weighted by atomic mass is 10.1. The number of amidine groups is 1. The predicted molar refractivity (Wildman–Crippen MR) is 71.9 cm³/mol. The Kier molecular flexibility index (Phi) is 4.71. The zero-order valence-electron chi connectivity index (χ0n) is 10.7. The van der Waals surface area contributed by atoms with Gasteiger partial charge < -0.3 is 15.8 Å². The summed E-state index contributed by atoms with van der Waals surface area (Å²) in [5, 5.41) is 11.4. The fourth-order valence-corrected chi connectivity index (χ4v) is 2.16. The predicted octanol–water partition coefficient (Wildman–Crippen LogP) is 0.401. The SMILES string of the molecule is CN(CCS(C)(=O)=O)c1cccc(F)c1C(N)=NO. The number of sulfone groups is 1. The Morgan fingerprint density at radius 2 is 2.16 bits per heavy atom. The van der Waals surface area contributed by atoms with Gasteiger partial charge >= 0.3 is 0 Å². The number of halogens is 1. The van der Waals surface area contributed by atoms with Gasteiger partial charge in [-0.25, -0.2) is 12.8 Å². The van der Waals surface area contributed by atoms with Crippen LogP contribution in [0, 0.1) is 5.82 Å². The minimum absolute atomic E-state index is 0.0546. The van der Waals surface area contributed by atoms with Crippen LogP contribution in [0.4, 0.5) is 10.1 Å². The van der Waals surface area contributed by atoms with Gasteiger partial charge in [0.2, 0.25) is 0 Å². The van der Waals surface area contributed by atoms with Crippen LogP contribution in [0.2, 0.25) is 0 Å². The standard InChI is InChI=1S/C11H16FN3O3S/c1-15(6-7-19(2,17)18)9-5-3-4-8(12)10(9)11(13)14-16/h3-5,16H,6-7H2,1-2H3,(H2,13,14). The molecule has 0 atom stereocenters. The molecule has 0 radical (unpaired) electrons. The third-order valence-electron chi connectivity index (χ3n) is 2.56. The molecule has 0 saturated heterocycles. The Hall–Kier alpha value is -1.83. The van der Waals surface area contributed by atoms with E-state index >= 15 is 0 Å². The average Bonchev–Trinajstić information content (AvgIpc) is 2.33. The summed E-state index contributed by atoms with van der Waals surface area (Å²) in [6, 6.07) is 4.22. The van der Waals surface area contributed by atoms with E-state index in [1.54, 1.807) is 13.1 Å². The van der Waals surface area contributed by atoms with E-state index < -0.39 is 15.7 Å². The Labute approximate surface area is 111 Å². The molecule has 0 bridgehead atoms. The molecule has 0 heterocycles. The number of hydrogen-bond donors (Lipinski definition) is 2. The van der Waals surface area contributed by atoms with Crippen molar-refractivity contribution < 1.29 is 18.0 Å².